The fourth-order valence-corrected chi connectivity index (χ4v) is 5.46. The summed E-state index contributed by atoms with van der Waals surface area (Å²) in [5.41, 5.74) is 5.78. The molecule has 3 aliphatic rings. The van der Waals surface area contributed by atoms with Crippen molar-refractivity contribution in [1.29, 1.82) is 0 Å². The number of carbonyl (C=O) groups excluding carboxylic acids is 5. The molecule has 3 fully saturated rings. The van der Waals surface area contributed by atoms with E-state index in [1.54, 1.807) is 0 Å². The third-order valence-corrected chi connectivity index (χ3v) is 7.18. The number of thioether (sulfide) groups is 1. The Morgan fingerprint density at radius 3 is 2.67 bits per heavy atom. The normalized spacial score (nSPS) is 24.9. The number of ether oxygens (including phenoxy) is 1. The molecule has 4 atom stereocenters. The van der Waals surface area contributed by atoms with E-state index in [4.69, 9.17) is 15.3 Å². The maximum absolute atomic E-state index is 12.0. The summed E-state index contributed by atoms with van der Waals surface area (Å²) in [6.45, 7) is 0.493. The van der Waals surface area contributed by atoms with Crippen LogP contribution in [0.1, 0.15) is 51.4 Å². The van der Waals surface area contributed by atoms with Crippen LogP contribution in [-0.2, 0) is 28.8 Å². The van der Waals surface area contributed by atoms with Crippen molar-refractivity contribution in [1.82, 2.24) is 21.0 Å². The van der Waals surface area contributed by atoms with E-state index in [2.05, 4.69) is 16.0 Å². The van der Waals surface area contributed by atoms with Crippen molar-refractivity contribution in [2.45, 2.75) is 74.9 Å². The van der Waals surface area contributed by atoms with Gasteiger partial charge in [-0.25, -0.2) is 9.59 Å². The zero-order valence-corrected chi connectivity index (χ0v) is 19.2. The molecule has 0 aliphatic carbocycles. The molecule has 0 aromatic carbocycles. The Bertz CT molecular complexity index is 751. The average molecular weight is 486 g/mol. The third kappa shape index (κ3) is 7.57. The molecule has 0 bridgehead atoms. The van der Waals surface area contributed by atoms with E-state index in [0.717, 1.165) is 25.0 Å². The van der Waals surface area contributed by atoms with E-state index < -0.39 is 24.0 Å². The predicted octanol–water partition coefficient (Wildman–Crippen LogP) is -0.483. The molecule has 12 nitrogen and oxygen atoms in total. The molecular weight excluding hydrogens is 454 g/mol. The summed E-state index contributed by atoms with van der Waals surface area (Å²) < 4.78 is 5.36. The summed E-state index contributed by atoms with van der Waals surface area (Å²) >= 11 is 1.86. The topological polar surface area (TPSA) is 169 Å². The Morgan fingerprint density at radius 2 is 1.91 bits per heavy atom. The van der Waals surface area contributed by atoms with E-state index in [9.17, 15) is 24.0 Å². The lowest BCUT2D eigenvalue weighted by molar-refractivity contribution is -0.197. The van der Waals surface area contributed by atoms with E-state index in [0.29, 0.717) is 23.3 Å². The van der Waals surface area contributed by atoms with Crippen LogP contribution in [0.4, 0.5) is 4.79 Å². The lowest BCUT2D eigenvalue weighted by Crippen LogP contribution is -2.36. The molecule has 1 unspecified atom stereocenters. The van der Waals surface area contributed by atoms with Crippen LogP contribution in [0.25, 0.3) is 0 Å². The van der Waals surface area contributed by atoms with Crippen molar-refractivity contribution in [3.05, 3.63) is 0 Å². The second kappa shape index (κ2) is 12.2. The van der Waals surface area contributed by atoms with Gasteiger partial charge in [-0.3, -0.25) is 14.4 Å². The number of hydroxylamine groups is 2. The molecule has 0 aromatic rings. The summed E-state index contributed by atoms with van der Waals surface area (Å²) in [5, 5.41) is 9.54. The predicted molar refractivity (Wildman–Crippen MR) is 117 cm³/mol. The fourth-order valence-electron chi connectivity index (χ4n) is 3.91. The summed E-state index contributed by atoms with van der Waals surface area (Å²) in [7, 11) is 0. The number of rotatable bonds is 13. The fraction of sp³-hybridized carbons (Fsp3) is 0.750. The van der Waals surface area contributed by atoms with Crippen molar-refractivity contribution < 1.29 is 33.5 Å². The van der Waals surface area contributed by atoms with Crippen LogP contribution in [0, 0.1) is 0 Å². The van der Waals surface area contributed by atoms with Crippen LogP contribution in [0.5, 0.6) is 0 Å². The van der Waals surface area contributed by atoms with Crippen LogP contribution in [0.2, 0.25) is 0 Å². The van der Waals surface area contributed by atoms with Gasteiger partial charge >= 0.3 is 12.0 Å². The standard InChI is InChI=1S/C20H31N5O7S/c21-14(5-8-18(29)32-25-16(27)6-7-17(25)28)31-10-9-22-15(26)4-2-1-3-13-19-12(11-33-13)23-20(30)24-19/h12-14,19H,1-11,21H2,(H,22,26)(H2,23,24,30)/t12-,13-,14?,19-/m0/s1. The summed E-state index contributed by atoms with van der Waals surface area (Å²) in [4.78, 5) is 62.6. The number of urea groups is 1. The smallest absolute Gasteiger partial charge is 0.333 e. The number of amides is 5. The Kier molecular flexibility index (Phi) is 9.32. The zero-order valence-electron chi connectivity index (χ0n) is 18.4. The Balaban J connectivity index is 1.16. The highest BCUT2D eigenvalue weighted by Crippen LogP contribution is 2.33. The van der Waals surface area contributed by atoms with Gasteiger partial charge < -0.3 is 31.3 Å². The molecule has 3 rings (SSSR count). The first kappa shape index (κ1) is 25.2. The molecule has 3 heterocycles. The van der Waals surface area contributed by atoms with Gasteiger partial charge in [0.05, 0.1) is 25.1 Å². The van der Waals surface area contributed by atoms with Crippen LogP contribution < -0.4 is 21.7 Å². The van der Waals surface area contributed by atoms with Crippen molar-refractivity contribution in [3.8, 4) is 0 Å². The molecule has 0 aromatic heterocycles. The van der Waals surface area contributed by atoms with E-state index in [1.165, 1.54) is 0 Å². The number of nitrogens with one attached hydrogen (secondary N) is 3. The number of hydrogen-bond donors (Lipinski definition) is 4. The van der Waals surface area contributed by atoms with Gasteiger partial charge in [-0.05, 0) is 19.3 Å². The zero-order chi connectivity index (χ0) is 23.8. The van der Waals surface area contributed by atoms with Crippen LogP contribution in [0.15, 0.2) is 0 Å². The number of carbonyl (C=O) groups is 5. The molecule has 13 heteroatoms. The summed E-state index contributed by atoms with van der Waals surface area (Å²) in [5.74, 6) is -0.937. The summed E-state index contributed by atoms with van der Waals surface area (Å²) in [6, 6.07) is 0.308. The van der Waals surface area contributed by atoms with Gasteiger partial charge in [0.25, 0.3) is 11.8 Å². The van der Waals surface area contributed by atoms with E-state index >= 15 is 0 Å². The minimum Gasteiger partial charge on any atom is -0.362 e. The average Bonchev–Trinajstić information content (AvgIpc) is 3.43. The monoisotopic (exact) mass is 485 g/mol. The van der Waals surface area contributed by atoms with Crippen LogP contribution in [0.3, 0.4) is 0 Å². The van der Waals surface area contributed by atoms with Crippen molar-refractivity contribution in [3.63, 3.8) is 0 Å². The second-order valence-electron chi connectivity index (χ2n) is 8.21. The molecule has 0 radical (unpaired) electrons. The van der Waals surface area contributed by atoms with Gasteiger partial charge in [0.1, 0.15) is 6.23 Å². The molecular formula is C20H31N5O7S. The van der Waals surface area contributed by atoms with E-state index in [1.807, 2.05) is 11.8 Å². The minimum absolute atomic E-state index is 0.0400. The molecule has 5 N–H and O–H groups in total. The van der Waals surface area contributed by atoms with Gasteiger partial charge in [-0.15, -0.1) is 5.06 Å². The molecule has 0 spiro atoms. The molecule has 3 saturated heterocycles. The number of nitrogens with zero attached hydrogens (tertiary/aromatic N) is 1. The number of imide groups is 1. The van der Waals surface area contributed by atoms with Crippen molar-refractivity contribution >= 4 is 41.5 Å². The second-order valence-corrected chi connectivity index (χ2v) is 9.48. The van der Waals surface area contributed by atoms with Crippen LogP contribution in [-0.4, -0.2) is 77.3 Å². The van der Waals surface area contributed by atoms with Gasteiger partial charge in [0.2, 0.25) is 5.91 Å². The molecule has 5 amide bonds. The van der Waals surface area contributed by atoms with Crippen molar-refractivity contribution in [2.24, 2.45) is 5.73 Å². The lowest BCUT2D eigenvalue weighted by atomic mass is 10.0. The molecule has 0 saturated carbocycles. The maximum Gasteiger partial charge on any atom is 0.333 e. The molecule has 33 heavy (non-hydrogen) atoms. The third-order valence-electron chi connectivity index (χ3n) is 5.67. The number of hydrogen-bond acceptors (Lipinski definition) is 9. The highest BCUT2D eigenvalue weighted by molar-refractivity contribution is 8.00. The Labute approximate surface area is 196 Å². The minimum atomic E-state index is -0.738. The van der Waals surface area contributed by atoms with Gasteiger partial charge in [0.15, 0.2) is 0 Å². The highest BCUT2D eigenvalue weighted by Gasteiger charge is 2.42. The van der Waals surface area contributed by atoms with Gasteiger partial charge in [-0.1, -0.05) is 6.42 Å². The number of unbranched alkanes of at least 4 members (excludes halogenated alkanes) is 1. The van der Waals surface area contributed by atoms with Gasteiger partial charge in [0, 0.05) is 36.8 Å². The first-order chi connectivity index (χ1) is 15.8. The Hall–Kier alpha value is -2.38. The quantitative estimate of drug-likeness (QED) is 0.116. The van der Waals surface area contributed by atoms with Crippen LogP contribution >= 0.6 is 11.8 Å². The van der Waals surface area contributed by atoms with Crippen molar-refractivity contribution in [2.75, 3.05) is 18.9 Å². The molecule has 184 valence electrons. The maximum atomic E-state index is 12.0. The van der Waals surface area contributed by atoms with E-state index in [-0.39, 0.29) is 56.3 Å². The SMILES string of the molecule is NC(CCC(=O)ON1C(=O)CCC1=O)OCCNC(=O)CCCC[C@@H]1SC[C@@H]2NC(=O)N[C@@H]21. The summed E-state index contributed by atoms with van der Waals surface area (Å²) in [6.07, 6.45) is 2.45. The first-order valence-corrected chi connectivity index (χ1v) is 12.3. The first-order valence-electron chi connectivity index (χ1n) is 11.2. The largest absolute Gasteiger partial charge is 0.362 e. The molecule has 3 aliphatic heterocycles. The lowest BCUT2D eigenvalue weighted by Gasteiger charge is -2.16. The number of fused-ring (bicyclic) bond motifs is 1. The number of nitrogens with two attached hydrogens (primary N) is 1. The highest BCUT2D eigenvalue weighted by atomic mass is 32.2. The van der Waals surface area contributed by atoms with Gasteiger partial charge in [-0.2, -0.15) is 11.8 Å². The Morgan fingerprint density at radius 1 is 1.15 bits per heavy atom.